The highest BCUT2D eigenvalue weighted by Crippen LogP contribution is 2.25. The molecule has 3 aromatic rings. The van der Waals surface area contributed by atoms with E-state index in [1.807, 2.05) is 67.2 Å². The third-order valence-electron chi connectivity index (χ3n) is 6.36. The molecule has 0 spiro atoms. The highest BCUT2D eigenvalue weighted by Gasteiger charge is 2.19. The van der Waals surface area contributed by atoms with E-state index in [2.05, 4.69) is 38.1 Å². The van der Waals surface area contributed by atoms with E-state index in [1.54, 1.807) is 12.1 Å². The van der Waals surface area contributed by atoms with Crippen LogP contribution in [-0.4, -0.2) is 32.5 Å². The number of rotatable bonds is 10. The lowest BCUT2D eigenvalue weighted by Gasteiger charge is -2.21. The fourth-order valence-electron chi connectivity index (χ4n) is 4.40. The Morgan fingerprint density at radius 3 is 2.51 bits per heavy atom. The molecule has 1 aromatic carbocycles. The maximum Gasteiger partial charge on any atom is 0.246 e. The van der Waals surface area contributed by atoms with Crippen molar-refractivity contribution in [3.8, 4) is 11.9 Å². The molecule has 0 bridgehead atoms. The molecule has 3 N–H and O–H groups in total. The number of benzene rings is 1. The fraction of sp³-hybridized carbons (Fsp3) is 0.379. The number of carbonyl (C=O) groups excluding carboxylic acids is 1. The highest BCUT2D eigenvalue weighted by atomic mass is 16.2. The largest absolute Gasteiger partial charge is 0.355 e. The van der Waals surface area contributed by atoms with Crippen LogP contribution < -0.4 is 16.0 Å². The molecule has 0 aliphatic heterocycles. The summed E-state index contributed by atoms with van der Waals surface area (Å²) in [7, 11) is 0. The van der Waals surface area contributed by atoms with Crippen LogP contribution >= 0.6 is 0 Å². The number of aromatic nitrogens is 3. The molecule has 0 saturated heterocycles. The standard InChI is InChI=1S/C29H35N7O/c1-21(2)32-29-34-26(18-27(35-29)36-16-6-7-17-36)33-25(15-14-22-8-4-3-5-9-22)28(37)31-20-24-12-10-23(19-30)11-13-24/h6-7,10-18,21-22,25H,3-5,8-9,20H2,1-2H3,(H,31,37)(H2,32,33,34,35)/b15-14+/t25-/m1/s1. The molecule has 37 heavy (non-hydrogen) atoms. The van der Waals surface area contributed by atoms with Crippen molar-refractivity contribution in [2.45, 2.75) is 64.6 Å². The van der Waals surface area contributed by atoms with Gasteiger partial charge in [0.25, 0.3) is 0 Å². The van der Waals surface area contributed by atoms with Crippen LogP contribution in [0.3, 0.4) is 0 Å². The molecule has 1 aliphatic carbocycles. The van der Waals surface area contributed by atoms with Crippen LogP contribution in [0.1, 0.15) is 57.1 Å². The molecule has 0 radical (unpaired) electrons. The van der Waals surface area contributed by atoms with E-state index in [0.717, 1.165) is 18.4 Å². The highest BCUT2D eigenvalue weighted by molar-refractivity contribution is 5.86. The first-order valence-corrected chi connectivity index (χ1v) is 13.0. The molecular formula is C29H35N7O. The smallest absolute Gasteiger partial charge is 0.246 e. The van der Waals surface area contributed by atoms with Gasteiger partial charge in [-0.25, -0.2) is 0 Å². The number of amides is 1. The lowest BCUT2D eigenvalue weighted by molar-refractivity contribution is -0.121. The average Bonchev–Trinajstić information content (AvgIpc) is 3.45. The van der Waals surface area contributed by atoms with Crippen molar-refractivity contribution in [2.75, 3.05) is 10.6 Å². The quantitative estimate of drug-likeness (QED) is 0.333. The van der Waals surface area contributed by atoms with E-state index in [4.69, 9.17) is 5.26 Å². The zero-order chi connectivity index (χ0) is 26.0. The number of nitriles is 1. The summed E-state index contributed by atoms with van der Waals surface area (Å²) in [5.41, 5.74) is 1.53. The number of anilines is 2. The first kappa shape index (κ1) is 26.0. The maximum absolute atomic E-state index is 13.4. The van der Waals surface area contributed by atoms with Crippen molar-refractivity contribution >= 4 is 17.7 Å². The van der Waals surface area contributed by atoms with Gasteiger partial charge in [-0.2, -0.15) is 15.2 Å². The summed E-state index contributed by atoms with van der Waals surface area (Å²) in [5, 5.41) is 18.7. The Morgan fingerprint density at radius 1 is 1.11 bits per heavy atom. The molecule has 2 aromatic heterocycles. The van der Waals surface area contributed by atoms with Crippen LogP contribution in [0.25, 0.3) is 5.82 Å². The van der Waals surface area contributed by atoms with Crippen molar-refractivity contribution < 1.29 is 4.79 Å². The molecule has 0 unspecified atom stereocenters. The first-order chi connectivity index (χ1) is 18.0. The van der Waals surface area contributed by atoms with Crippen molar-refractivity contribution in [1.29, 1.82) is 5.26 Å². The van der Waals surface area contributed by atoms with Gasteiger partial charge in [0.05, 0.1) is 11.6 Å². The van der Waals surface area contributed by atoms with Gasteiger partial charge >= 0.3 is 0 Å². The Hall–Kier alpha value is -4.12. The average molecular weight is 498 g/mol. The summed E-state index contributed by atoms with van der Waals surface area (Å²) >= 11 is 0. The number of hydrogen-bond donors (Lipinski definition) is 3. The summed E-state index contributed by atoms with van der Waals surface area (Å²) in [5.74, 6) is 2.11. The predicted molar refractivity (Wildman–Crippen MR) is 146 cm³/mol. The minimum absolute atomic E-state index is 0.143. The van der Waals surface area contributed by atoms with Crippen LogP contribution in [0, 0.1) is 17.2 Å². The Morgan fingerprint density at radius 2 is 1.84 bits per heavy atom. The van der Waals surface area contributed by atoms with Gasteiger partial charge in [-0.1, -0.05) is 43.5 Å². The Kier molecular flexibility index (Phi) is 8.93. The molecule has 192 valence electrons. The van der Waals surface area contributed by atoms with Gasteiger partial charge in [0, 0.05) is 31.0 Å². The van der Waals surface area contributed by atoms with Gasteiger partial charge in [0.2, 0.25) is 11.9 Å². The lowest BCUT2D eigenvalue weighted by atomic mass is 9.89. The maximum atomic E-state index is 13.4. The fourth-order valence-corrected chi connectivity index (χ4v) is 4.40. The van der Waals surface area contributed by atoms with E-state index < -0.39 is 6.04 Å². The lowest BCUT2D eigenvalue weighted by Crippen LogP contribution is -2.38. The third-order valence-corrected chi connectivity index (χ3v) is 6.36. The normalized spacial score (nSPS) is 14.9. The summed E-state index contributed by atoms with van der Waals surface area (Å²) < 4.78 is 1.91. The molecular weight excluding hydrogens is 462 g/mol. The van der Waals surface area contributed by atoms with E-state index in [1.165, 1.54) is 19.3 Å². The van der Waals surface area contributed by atoms with Crippen LogP contribution in [-0.2, 0) is 11.3 Å². The zero-order valence-electron chi connectivity index (χ0n) is 21.5. The summed E-state index contributed by atoms with van der Waals surface area (Å²) in [6.45, 7) is 4.44. The Balaban J connectivity index is 1.55. The van der Waals surface area contributed by atoms with Gasteiger partial charge < -0.3 is 20.5 Å². The Labute approximate surface area is 218 Å². The van der Waals surface area contributed by atoms with Crippen molar-refractivity contribution in [3.63, 3.8) is 0 Å². The van der Waals surface area contributed by atoms with Crippen LogP contribution in [0.4, 0.5) is 11.8 Å². The molecule has 4 rings (SSSR count). The Bertz CT molecular complexity index is 1220. The zero-order valence-corrected chi connectivity index (χ0v) is 21.5. The monoisotopic (exact) mass is 497 g/mol. The SMILES string of the molecule is CC(C)Nc1nc(N[C@H](/C=C/C2CCCCC2)C(=O)NCc2ccc(C#N)cc2)cc(-n2cccc2)n1. The summed E-state index contributed by atoms with van der Waals surface area (Å²) in [6.07, 6.45) is 14.1. The van der Waals surface area contributed by atoms with Gasteiger partial charge in [0.1, 0.15) is 17.7 Å². The van der Waals surface area contributed by atoms with Gasteiger partial charge in [0.15, 0.2) is 0 Å². The molecule has 2 heterocycles. The molecule has 1 fully saturated rings. The molecule has 1 aliphatic rings. The van der Waals surface area contributed by atoms with Crippen molar-refractivity contribution in [2.24, 2.45) is 5.92 Å². The molecule has 1 saturated carbocycles. The number of nitrogens with one attached hydrogen (secondary N) is 3. The number of carbonyl (C=O) groups is 1. The number of hydrogen-bond acceptors (Lipinski definition) is 6. The molecule has 8 heteroatoms. The predicted octanol–water partition coefficient (Wildman–Crippen LogP) is 5.19. The second kappa shape index (κ2) is 12.7. The van der Waals surface area contributed by atoms with Gasteiger partial charge in [-0.15, -0.1) is 0 Å². The number of nitrogens with zero attached hydrogens (tertiary/aromatic N) is 4. The molecule has 1 amide bonds. The number of allylic oxidation sites excluding steroid dienone is 1. The second-order valence-corrected chi connectivity index (χ2v) is 9.76. The minimum Gasteiger partial charge on any atom is -0.355 e. The van der Waals surface area contributed by atoms with Crippen molar-refractivity contribution in [3.05, 3.63) is 78.1 Å². The second-order valence-electron chi connectivity index (χ2n) is 9.76. The van der Waals surface area contributed by atoms with E-state index in [-0.39, 0.29) is 11.9 Å². The van der Waals surface area contributed by atoms with Crippen LogP contribution in [0.5, 0.6) is 0 Å². The van der Waals surface area contributed by atoms with E-state index >= 15 is 0 Å². The van der Waals surface area contributed by atoms with E-state index in [9.17, 15) is 4.79 Å². The van der Waals surface area contributed by atoms with Crippen molar-refractivity contribution in [1.82, 2.24) is 19.9 Å². The third kappa shape index (κ3) is 7.68. The minimum atomic E-state index is -0.598. The summed E-state index contributed by atoms with van der Waals surface area (Å²) in [6, 6.07) is 14.6. The van der Waals surface area contributed by atoms with E-state index in [0.29, 0.717) is 35.6 Å². The van der Waals surface area contributed by atoms with Crippen LogP contribution in [0.2, 0.25) is 0 Å². The summed E-state index contributed by atoms with van der Waals surface area (Å²) in [4.78, 5) is 22.6. The molecule has 8 nitrogen and oxygen atoms in total. The molecule has 1 atom stereocenters. The van der Waals surface area contributed by atoms with Gasteiger partial charge in [-0.3, -0.25) is 4.79 Å². The first-order valence-electron chi connectivity index (χ1n) is 13.0. The van der Waals surface area contributed by atoms with Crippen LogP contribution in [0.15, 0.2) is 67.0 Å². The topological polar surface area (TPSA) is 108 Å². The van der Waals surface area contributed by atoms with Gasteiger partial charge in [-0.05, 0) is 62.4 Å².